The number of amides is 1. The topological polar surface area (TPSA) is 87.7 Å². The third-order valence-electron chi connectivity index (χ3n) is 2.77. The Labute approximate surface area is 104 Å². The molecule has 0 spiro atoms. The molecule has 0 fully saturated rings. The first kappa shape index (κ1) is 12.5. The van der Waals surface area contributed by atoms with Crippen LogP contribution < -0.4 is 10.8 Å². The molecule has 96 valence electrons. The highest BCUT2D eigenvalue weighted by Crippen LogP contribution is 2.16. The molecule has 3 N–H and O–H groups in total. The first-order valence-corrected chi connectivity index (χ1v) is 5.60. The summed E-state index contributed by atoms with van der Waals surface area (Å²) in [6.07, 6.45) is 0.568. The van der Waals surface area contributed by atoms with E-state index in [1.807, 2.05) is 24.3 Å². The van der Waals surface area contributed by atoms with Gasteiger partial charge in [0.2, 0.25) is 0 Å². The molecule has 18 heavy (non-hydrogen) atoms. The van der Waals surface area contributed by atoms with Crippen LogP contribution in [0.5, 0.6) is 0 Å². The molecule has 0 bridgehead atoms. The molecule has 0 saturated heterocycles. The lowest BCUT2D eigenvalue weighted by atomic mass is 9.96. The van der Waals surface area contributed by atoms with Gasteiger partial charge < -0.3 is 10.4 Å². The fourth-order valence-electron chi connectivity index (χ4n) is 1.88. The Hall–Kier alpha value is -1.92. The zero-order valence-corrected chi connectivity index (χ0v) is 9.68. The van der Waals surface area contributed by atoms with Crippen LogP contribution in [0.4, 0.5) is 0 Å². The molecule has 1 aromatic carbocycles. The molecule has 1 heterocycles. The maximum Gasteiger partial charge on any atom is 0.332 e. The number of hydrogen-bond donors (Lipinski definition) is 3. The summed E-state index contributed by atoms with van der Waals surface area (Å²) >= 11 is 0. The van der Waals surface area contributed by atoms with Crippen molar-refractivity contribution in [3.8, 4) is 0 Å². The molecule has 0 radical (unpaired) electrons. The minimum Gasteiger partial charge on any atom is -0.479 e. The van der Waals surface area contributed by atoms with Crippen molar-refractivity contribution in [3.63, 3.8) is 0 Å². The van der Waals surface area contributed by atoms with Crippen molar-refractivity contribution in [1.29, 1.82) is 0 Å². The number of nitrogens with one attached hydrogen (secondary N) is 2. The zero-order chi connectivity index (χ0) is 13.0. The molecule has 0 unspecified atom stereocenters. The average Bonchev–Trinajstić information content (AvgIpc) is 2.37. The van der Waals surface area contributed by atoms with Crippen LogP contribution in [0.1, 0.15) is 11.1 Å². The highest BCUT2D eigenvalue weighted by Gasteiger charge is 2.23. The molecule has 6 nitrogen and oxygen atoms in total. The van der Waals surface area contributed by atoms with Gasteiger partial charge in [-0.15, -0.1) is 0 Å². The van der Waals surface area contributed by atoms with Crippen LogP contribution in [0.25, 0.3) is 0 Å². The van der Waals surface area contributed by atoms with Crippen LogP contribution in [0.15, 0.2) is 24.3 Å². The van der Waals surface area contributed by atoms with Crippen LogP contribution in [0, 0.1) is 0 Å². The minimum absolute atomic E-state index is 0.356. The van der Waals surface area contributed by atoms with Crippen LogP contribution in [0.3, 0.4) is 0 Å². The predicted molar refractivity (Wildman–Crippen MR) is 62.5 cm³/mol. The smallest absolute Gasteiger partial charge is 0.332 e. The van der Waals surface area contributed by atoms with Gasteiger partial charge in [0.15, 0.2) is 6.61 Å². The van der Waals surface area contributed by atoms with Crippen molar-refractivity contribution < 1.29 is 19.5 Å². The molecule has 1 amide bonds. The number of carboxylic acids is 1. The summed E-state index contributed by atoms with van der Waals surface area (Å²) in [6.45, 7) is 0.0717. The predicted octanol–water partition coefficient (Wildman–Crippen LogP) is -0.167. The molecule has 0 aliphatic carbocycles. The van der Waals surface area contributed by atoms with E-state index in [9.17, 15) is 9.59 Å². The van der Waals surface area contributed by atoms with Crippen molar-refractivity contribution >= 4 is 11.9 Å². The number of rotatable bonds is 4. The van der Waals surface area contributed by atoms with E-state index in [1.165, 1.54) is 5.56 Å². The van der Waals surface area contributed by atoms with Gasteiger partial charge in [0.25, 0.3) is 5.91 Å². The van der Waals surface area contributed by atoms with Gasteiger partial charge in [0, 0.05) is 6.54 Å². The first-order valence-electron chi connectivity index (χ1n) is 5.60. The second kappa shape index (κ2) is 5.61. The summed E-state index contributed by atoms with van der Waals surface area (Å²) in [5.74, 6) is -1.48. The number of carbonyl (C=O) groups is 2. The van der Waals surface area contributed by atoms with E-state index in [4.69, 9.17) is 5.11 Å². The summed E-state index contributed by atoms with van der Waals surface area (Å²) in [5, 5.41) is 11.4. The fourth-order valence-corrected chi connectivity index (χ4v) is 1.88. The van der Waals surface area contributed by atoms with Crippen LogP contribution in [-0.4, -0.2) is 29.6 Å². The summed E-state index contributed by atoms with van der Waals surface area (Å²) < 4.78 is 0. The standard InChI is InChI=1S/C12H14N2O4/c15-11(16)7-18-14-12(17)10-5-8-3-1-2-4-9(8)6-13-10/h1-4,10,13H,5-7H2,(H,14,17)(H,15,16)/t10-/m1/s1. The number of hydrogen-bond acceptors (Lipinski definition) is 4. The van der Waals surface area contributed by atoms with Crippen LogP contribution >= 0.6 is 0 Å². The van der Waals surface area contributed by atoms with E-state index in [1.54, 1.807) is 0 Å². The number of aliphatic carboxylic acids is 1. The van der Waals surface area contributed by atoms with E-state index >= 15 is 0 Å². The lowest BCUT2D eigenvalue weighted by Crippen LogP contribution is -2.47. The summed E-state index contributed by atoms with van der Waals surface area (Å²) in [6, 6.07) is 7.48. The second-order valence-electron chi connectivity index (χ2n) is 4.06. The van der Waals surface area contributed by atoms with Gasteiger partial charge in [-0.05, 0) is 17.5 Å². The third-order valence-corrected chi connectivity index (χ3v) is 2.77. The molecule has 0 aromatic heterocycles. The molecule has 1 aliphatic rings. The fraction of sp³-hybridized carbons (Fsp3) is 0.333. The summed E-state index contributed by atoms with van der Waals surface area (Å²) in [5.41, 5.74) is 4.43. The third kappa shape index (κ3) is 3.06. The Kier molecular flexibility index (Phi) is 3.91. The normalized spacial score (nSPS) is 17.9. The van der Waals surface area contributed by atoms with Gasteiger partial charge in [-0.2, -0.15) is 0 Å². The maximum atomic E-state index is 11.7. The summed E-state index contributed by atoms with van der Waals surface area (Å²) in [7, 11) is 0. The van der Waals surface area contributed by atoms with Crippen molar-refractivity contribution in [2.24, 2.45) is 0 Å². The Morgan fingerprint density at radius 1 is 1.39 bits per heavy atom. The Morgan fingerprint density at radius 2 is 2.11 bits per heavy atom. The number of fused-ring (bicyclic) bond motifs is 1. The monoisotopic (exact) mass is 250 g/mol. The first-order chi connectivity index (χ1) is 8.66. The van der Waals surface area contributed by atoms with E-state index in [0.29, 0.717) is 13.0 Å². The van der Waals surface area contributed by atoms with E-state index in [2.05, 4.69) is 15.6 Å². The average molecular weight is 250 g/mol. The quantitative estimate of drug-likeness (QED) is 0.646. The van der Waals surface area contributed by atoms with Gasteiger partial charge in [-0.1, -0.05) is 24.3 Å². The lowest BCUT2D eigenvalue weighted by Gasteiger charge is -2.24. The van der Waals surface area contributed by atoms with Gasteiger partial charge >= 0.3 is 5.97 Å². The largest absolute Gasteiger partial charge is 0.479 e. The van der Waals surface area contributed by atoms with E-state index in [0.717, 1.165) is 5.56 Å². The molecule has 0 saturated carbocycles. The molecule has 1 aliphatic heterocycles. The van der Waals surface area contributed by atoms with Gasteiger partial charge in [-0.25, -0.2) is 10.3 Å². The molecular weight excluding hydrogens is 236 g/mol. The number of benzene rings is 1. The van der Waals surface area contributed by atoms with Gasteiger partial charge in [0.05, 0.1) is 6.04 Å². The van der Waals surface area contributed by atoms with Crippen molar-refractivity contribution in [1.82, 2.24) is 10.8 Å². The summed E-state index contributed by atoms with van der Waals surface area (Å²) in [4.78, 5) is 26.5. The van der Waals surface area contributed by atoms with E-state index in [-0.39, 0.29) is 5.91 Å². The minimum atomic E-state index is -1.13. The highest BCUT2D eigenvalue weighted by molar-refractivity contribution is 5.81. The van der Waals surface area contributed by atoms with Crippen molar-refractivity contribution in [3.05, 3.63) is 35.4 Å². The molecule has 1 aromatic rings. The molecular formula is C12H14N2O4. The van der Waals surface area contributed by atoms with Crippen molar-refractivity contribution in [2.45, 2.75) is 19.0 Å². The van der Waals surface area contributed by atoms with Gasteiger partial charge in [0.1, 0.15) is 0 Å². The maximum absolute atomic E-state index is 11.7. The van der Waals surface area contributed by atoms with Crippen LogP contribution in [0.2, 0.25) is 0 Å². The van der Waals surface area contributed by atoms with Crippen molar-refractivity contribution in [2.75, 3.05) is 6.61 Å². The zero-order valence-electron chi connectivity index (χ0n) is 9.68. The Bertz CT molecular complexity index is 461. The van der Waals surface area contributed by atoms with Gasteiger partial charge in [-0.3, -0.25) is 9.63 Å². The number of carbonyl (C=O) groups excluding carboxylic acids is 1. The van der Waals surface area contributed by atoms with E-state index < -0.39 is 18.6 Å². The number of hydroxylamine groups is 1. The van der Waals surface area contributed by atoms with Crippen LogP contribution in [-0.2, 0) is 27.4 Å². The lowest BCUT2D eigenvalue weighted by molar-refractivity contribution is -0.150. The second-order valence-corrected chi connectivity index (χ2v) is 4.06. The highest BCUT2D eigenvalue weighted by atomic mass is 16.7. The SMILES string of the molecule is O=C(O)CONC(=O)[C@H]1Cc2ccccc2CN1. The molecule has 6 heteroatoms. The molecule has 2 rings (SSSR count). The number of carboxylic acid groups (broad SMARTS) is 1. The Morgan fingerprint density at radius 3 is 2.83 bits per heavy atom. The Balaban J connectivity index is 1.88. The molecule has 1 atom stereocenters.